The molecule has 1 aromatic carbocycles. The summed E-state index contributed by atoms with van der Waals surface area (Å²) in [7, 11) is 1.64. The van der Waals surface area contributed by atoms with Gasteiger partial charge in [0.2, 0.25) is 0 Å². The molecule has 16 heavy (non-hydrogen) atoms. The molecule has 1 N–H and O–H groups in total. The molecule has 2 nitrogen and oxygen atoms in total. The summed E-state index contributed by atoms with van der Waals surface area (Å²) in [5.74, 6) is 1.06. The Labute approximate surface area is 95.8 Å². The van der Waals surface area contributed by atoms with Crippen LogP contribution in [0, 0.1) is 5.82 Å². The number of methoxy groups -OCH3 is 1. The fraction of sp³-hybridized carbons (Fsp3) is 0.538. The van der Waals surface area contributed by atoms with Gasteiger partial charge in [0.1, 0.15) is 11.6 Å². The zero-order valence-corrected chi connectivity index (χ0v) is 9.63. The van der Waals surface area contributed by atoms with Gasteiger partial charge >= 0.3 is 0 Å². The lowest BCUT2D eigenvalue weighted by Gasteiger charge is -2.17. The van der Waals surface area contributed by atoms with Crippen LogP contribution in [0.4, 0.5) is 4.39 Å². The molecule has 1 aliphatic rings. The quantitative estimate of drug-likeness (QED) is 0.832. The number of hydrogen-bond donors (Lipinski definition) is 1. The summed E-state index contributed by atoms with van der Waals surface area (Å²) < 4.78 is 18.6. The summed E-state index contributed by atoms with van der Waals surface area (Å²) in [5, 5.41) is 3.36. The molecule has 3 heteroatoms. The molecule has 1 atom stereocenters. The normalized spacial score (nSPS) is 21.5. The highest BCUT2D eigenvalue weighted by Gasteiger charge is 2.18. The first kappa shape index (κ1) is 11.4. The van der Waals surface area contributed by atoms with Gasteiger partial charge in [-0.25, -0.2) is 4.39 Å². The first-order valence-corrected chi connectivity index (χ1v) is 5.85. The van der Waals surface area contributed by atoms with E-state index in [2.05, 4.69) is 5.32 Å². The largest absolute Gasteiger partial charge is 0.496 e. The highest BCUT2D eigenvalue weighted by atomic mass is 19.1. The van der Waals surface area contributed by atoms with Gasteiger partial charge in [-0.1, -0.05) is 0 Å². The first-order chi connectivity index (χ1) is 7.81. The Balaban J connectivity index is 2.25. The van der Waals surface area contributed by atoms with Gasteiger partial charge in [-0.2, -0.15) is 0 Å². The van der Waals surface area contributed by atoms with Gasteiger partial charge in [-0.15, -0.1) is 0 Å². The minimum atomic E-state index is -0.173. The van der Waals surface area contributed by atoms with Gasteiger partial charge in [-0.3, -0.25) is 0 Å². The third-order valence-corrected chi connectivity index (χ3v) is 3.21. The van der Waals surface area contributed by atoms with E-state index in [0.717, 1.165) is 43.7 Å². The predicted octanol–water partition coefficient (Wildman–Crippen LogP) is 2.69. The number of benzene rings is 1. The average molecular weight is 223 g/mol. The highest BCUT2D eigenvalue weighted by molar-refractivity contribution is 5.37. The highest BCUT2D eigenvalue weighted by Crippen LogP contribution is 2.33. The molecule has 2 rings (SSSR count). The van der Waals surface area contributed by atoms with Crippen LogP contribution in [0.15, 0.2) is 18.2 Å². The minimum Gasteiger partial charge on any atom is -0.496 e. The van der Waals surface area contributed by atoms with Gasteiger partial charge in [0.15, 0.2) is 0 Å². The van der Waals surface area contributed by atoms with Crippen LogP contribution in [0.5, 0.6) is 5.75 Å². The summed E-state index contributed by atoms with van der Waals surface area (Å²) in [6.07, 6.45) is 3.30. The van der Waals surface area contributed by atoms with Crippen LogP contribution in [0.2, 0.25) is 0 Å². The molecule has 1 unspecified atom stereocenters. The Bertz CT molecular complexity index is 346. The lowest BCUT2D eigenvalue weighted by Crippen LogP contribution is -2.14. The van der Waals surface area contributed by atoms with E-state index in [1.165, 1.54) is 6.07 Å². The van der Waals surface area contributed by atoms with Crippen molar-refractivity contribution in [1.82, 2.24) is 5.32 Å². The molecule has 0 bridgehead atoms. The molecule has 0 spiro atoms. The number of ether oxygens (including phenoxy) is 1. The van der Waals surface area contributed by atoms with Crippen molar-refractivity contribution >= 4 is 0 Å². The first-order valence-electron chi connectivity index (χ1n) is 5.85. The molecule has 1 aromatic rings. The molecular formula is C13H18FNO. The second-order valence-electron chi connectivity index (χ2n) is 4.26. The van der Waals surface area contributed by atoms with E-state index in [1.807, 2.05) is 0 Å². The van der Waals surface area contributed by atoms with Crippen LogP contribution in [0.3, 0.4) is 0 Å². The van der Waals surface area contributed by atoms with Gasteiger partial charge in [0.25, 0.3) is 0 Å². The van der Waals surface area contributed by atoms with E-state index in [-0.39, 0.29) is 5.82 Å². The lowest BCUT2D eigenvalue weighted by atomic mass is 9.91. The predicted molar refractivity (Wildman–Crippen MR) is 62.4 cm³/mol. The van der Waals surface area contributed by atoms with Crippen LogP contribution in [-0.4, -0.2) is 20.2 Å². The molecule has 1 fully saturated rings. The van der Waals surface area contributed by atoms with Crippen LogP contribution in [0.1, 0.15) is 30.7 Å². The van der Waals surface area contributed by atoms with E-state index in [9.17, 15) is 4.39 Å². The summed E-state index contributed by atoms with van der Waals surface area (Å²) in [6.45, 7) is 2.07. The van der Waals surface area contributed by atoms with Crippen molar-refractivity contribution in [2.75, 3.05) is 20.2 Å². The minimum absolute atomic E-state index is 0.173. The van der Waals surface area contributed by atoms with E-state index in [4.69, 9.17) is 4.74 Å². The van der Waals surface area contributed by atoms with E-state index in [1.54, 1.807) is 19.2 Å². The molecule has 1 heterocycles. The Morgan fingerprint density at radius 3 is 3.00 bits per heavy atom. The SMILES string of the molecule is COc1ccc(F)cc1C1CCCNCC1. The van der Waals surface area contributed by atoms with Gasteiger partial charge in [0.05, 0.1) is 7.11 Å². The lowest BCUT2D eigenvalue weighted by molar-refractivity contribution is 0.401. The second-order valence-corrected chi connectivity index (χ2v) is 4.26. The summed E-state index contributed by atoms with van der Waals surface area (Å²) >= 11 is 0. The maximum absolute atomic E-state index is 13.3. The third-order valence-electron chi connectivity index (χ3n) is 3.21. The zero-order valence-electron chi connectivity index (χ0n) is 9.63. The molecule has 0 amide bonds. The van der Waals surface area contributed by atoms with Crippen molar-refractivity contribution in [1.29, 1.82) is 0 Å². The van der Waals surface area contributed by atoms with Gasteiger partial charge < -0.3 is 10.1 Å². The van der Waals surface area contributed by atoms with Crippen molar-refractivity contribution < 1.29 is 9.13 Å². The average Bonchev–Trinajstić information content (AvgIpc) is 2.57. The Morgan fingerprint density at radius 2 is 2.19 bits per heavy atom. The number of hydrogen-bond acceptors (Lipinski definition) is 2. The molecule has 0 saturated carbocycles. The standard InChI is InChI=1S/C13H18FNO/c1-16-13-5-4-11(14)9-12(13)10-3-2-7-15-8-6-10/h4-5,9-10,15H,2-3,6-8H2,1H3. The van der Waals surface area contributed by atoms with Crippen molar-refractivity contribution in [3.05, 3.63) is 29.6 Å². The zero-order chi connectivity index (χ0) is 11.4. The summed E-state index contributed by atoms with van der Waals surface area (Å²) in [5.41, 5.74) is 1.02. The number of rotatable bonds is 2. The molecule has 0 aromatic heterocycles. The molecular weight excluding hydrogens is 205 g/mol. The monoisotopic (exact) mass is 223 g/mol. The second kappa shape index (κ2) is 5.30. The molecule has 0 radical (unpaired) electrons. The van der Waals surface area contributed by atoms with Crippen LogP contribution >= 0.6 is 0 Å². The Hall–Kier alpha value is -1.09. The Morgan fingerprint density at radius 1 is 1.31 bits per heavy atom. The van der Waals surface area contributed by atoms with Gasteiger partial charge in [0, 0.05) is 5.56 Å². The summed E-state index contributed by atoms with van der Waals surface area (Å²) in [6, 6.07) is 4.80. The van der Waals surface area contributed by atoms with Crippen molar-refractivity contribution in [3.63, 3.8) is 0 Å². The maximum Gasteiger partial charge on any atom is 0.123 e. The summed E-state index contributed by atoms with van der Waals surface area (Å²) in [4.78, 5) is 0. The molecule has 0 aliphatic carbocycles. The fourth-order valence-electron chi connectivity index (χ4n) is 2.35. The van der Waals surface area contributed by atoms with E-state index in [0.29, 0.717) is 5.92 Å². The molecule has 88 valence electrons. The van der Waals surface area contributed by atoms with E-state index < -0.39 is 0 Å². The van der Waals surface area contributed by atoms with E-state index >= 15 is 0 Å². The molecule has 1 aliphatic heterocycles. The molecule has 1 saturated heterocycles. The number of nitrogens with one attached hydrogen (secondary N) is 1. The fourth-order valence-corrected chi connectivity index (χ4v) is 2.35. The maximum atomic E-state index is 13.3. The van der Waals surface area contributed by atoms with Crippen molar-refractivity contribution in [3.8, 4) is 5.75 Å². The Kier molecular flexibility index (Phi) is 3.78. The smallest absolute Gasteiger partial charge is 0.123 e. The van der Waals surface area contributed by atoms with Crippen molar-refractivity contribution in [2.45, 2.75) is 25.2 Å². The number of halogens is 1. The topological polar surface area (TPSA) is 21.3 Å². The van der Waals surface area contributed by atoms with Crippen LogP contribution < -0.4 is 10.1 Å². The van der Waals surface area contributed by atoms with Gasteiger partial charge in [-0.05, 0) is 56.5 Å². The van der Waals surface area contributed by atoms with Crippen LogP contribution in [-0.2, 0) is 0 Å². The van der Waals surface area contributed by atoms with Crippen LogP contribution in [0.25, 0.3) is 0 Å². The van der Waals surface area contributed by atoms with Crippen molar-refractivity contribution in [2.24, 2.45) is 0 Å². The third kappa shape index (κ3) is 2.53.